The quantitative estimate of drug-likeness (QED) is 0.646. The van der Waals surface area contributed by atoms with Crippen molar-refractivity contribution in [3.8, 4) is 11.6 Å². The maximum Gasteiger partial charge on any atom is 0.224 e. The number of halogens is 2. The van der Waals surface area contributed by atoms with Gasteiger partial charge in [-0.1, -0.05) is 0 Å². The molecule has 0 amide bonds. The van der Waals surface area contributed by atoms with Crippen molar-refractivity contribution in [2.75, 3.05) is 5.43 Å². The van der Waals surface area contributed by atoms with E-state index in [4.69, 9.17) is 10.6 Å². The predicted molar refractivity (Wildman–Crippen MR) is 61.0 cm³/mol. The first-order chi connectivity index (χ1) is 8.58. The van der Waals surface area contributed by atoms with E-state index in [1.807, 2.05) is 0 Å². The summed E-state index contributed by atoms with van der Waals surface area (Å²) in [5.41, 5.74) is 2.33. The van der Waals surface area contributed by atoms with Crippen molar-refractivity contribution in [1.29, 1.82) is 0 Å². The molecule has 0 aliphatic carbocycles. The smallest absolute Gasteiger partial charge is 0.224 e. The lowest BCUT2D eigenvalue weighted by Gasteiger charge is -2.08. The third-order valence-electron chi connectivity index (χ3n) is 2.07. The number of ether oxygens (including phenoxy) is 1. The summed E-state index contributed by atoms with van der Waals surface area (Å²) in [6.07, 6.45) is 0. The normalized spacial score (nSPS) is 10.2. The maximum atomic E-state index is 13.4. The van der Waals surface area contributed by atoms with Crippen molar-refractivity contribution in [3.05, 3.63) is 41.7 Å². The first-order valence-electron chi connectivity index (χ1n) is 5.03. The van der Waals surface area contributed by atoms with Crippen molar-refractivity contribution < 1.29 is 13.5 Å². The molecule has 2 aromatic rings. The Hall–Kier alpha value is -2.28. The summed E-state index contributed by atoms with van der Waals surface area (Å²) in [6.45, 7) is 1.63. The zero-order chi connectivity index (χ0) is 13.1. The minimum Gasteiger partial charge on any atom is -0.436 e. The number of nitrogens with zero attached hydrogens (tertiary/aromatic N) is 2. The van der Waals surface area contributed by atoms with Crippen molar-refractivity contribution in [3.63, 3.8) is 0 Å². The molecule has 0 saturated carbocycles. The Morgan fingerprint density at radius 2 is 2.00 bits per heavy atom. The van der Waals surface area contributed by atoms with Crippen LogP contribution < -0.4 is 16.0 Å². The van der Waals surface area contributed by atoms with Crippen LogP contribution in [0.2, 0.25) is 0 Å². The number of nitrogens with one attached hydrogen (secondary N) is 1. The fourth-order valence-electron chi connectivity index (χ4n) is 1.34. The summed E-state index contributed by atoms with van der Waals surface area (Å²) >= 11 is 0. The van der Waals surface area contributed by atoms with E-state index in [1.54, 1.807) is 6.92 Å². The van der Waals surface area contributed by atoms with Gasteiger partial charge in [-0.25, -0.2) is 19.6 Å². The third-order valence-corrected chi connectivity index (χ3v) is 2.07. The second kappa shape index (κ2) is 4.92. The number of aryl methyl sites for hydroxylation is 1. The highest BCUT2D eigenvalue weighted by atomic mass is 19.1. The van der Waals surface area contributed by atoms with E-state index in [-0.39, 0.29) is 11.6 Å². The molecule has 0 saturated heterocycles. The minimum absolute atomic E-state index is 0.112. The highest BCUT2D eigenvalue weighted by Crippen LogP contribution is 2.24. The van der Waals surface area contributed by atoms with Gasteiger partial charge in [0.05, 0.1) is 0 Å². The molecular formula is C11H10F2N4O. The molecule has 1 aromatic heterocycles. The first kappa shape index (κ1) is 12.2. The second-order valence-corrected chi connectivity index (χ2v) is 3.46. The molecule has 3 N–H and O–H groups in total. The molecule has 18 heavy (non-hydrogen) atoms. The van der Waals surface area contributed by atoms with Gasteiger partial charge >= 0.3 is 0 Å². The van der Waals surface area contributed by atoms with Gasteiger partial charge in [0.1, 0.15) is 17.5 Å². The highest BCUT2D eigenvalue weighted by molar-refractivity contribution is 5.39. The molecule has 0 unspecified atom stereocenters. The number of nitrogens with two attached hydrogens (primary N) is 1. The zero-order valence-electron chi connectivity index (χ0n) is 9.45. The van der Waals surface area contributed by atoms with Crippen LogP contribution in [0.3, 0.4) is 0 Å². The minimum atomic E-state index is -0.812. The van der Waals surface area contributed by atoms with Crippen LogP contribution in [0.1, 0.15) is 5.82 Å². The molecule has 0 aliphatic rings. The summed E-state index contributed by atoms with van der Waals surface area (Å²) in [4.78, 5) is 7.90. The van der Waals surface area contributed by atoms with Crippen LogP contribution in [0.5, 0.6) is 11.6 Å². The van der Waals surface area contributed by atoms with E-state index in [2.05, 4.69) is 15.4 Å². The Balaban J connectivity index is 2.30. The van der Waals surface area contributed by atoms with E-state index in [0.717, 1.165) is 12.1 Å². The lowest BCUT2D eigenvalue weighted by Crippen LogP contribution is -2.10. The summed E-state index contributed by atoms with van der Waals surface area (Å²) in [5, 5.41) is 0. The highest BCUT2D eigenvalue weighted by Gasteiger charge is 2.08. The molecule has 0 atom stereocenters. The Kier molecular flexibility index (Phi) is 3.33. The summed E-state index contributed by atoms with van der Waals surface area (Å²) in [6, 6.07) is 4.40. The van der Waals surface area contributed by atoms with Crippen LogP contribution in [-0.2, 0) is 0 Å². The molecule has 0 spiro atoms. The molecule has 94 valence electrons. The molecular weight excluding hydrogens is 242 g/mol. The SMILES string of the molecule is Cc1nc(NN)cc(Oc2ccc(F)cc2F)n1. The zero-order valence-corrected chi connectivity index (χ0v) is 9.45. The molecule has 0 fully saturated rings. The summed E-state index contributed by atoms with van der Waals surface area (Å²) in [7, 11) is 0. The van der Waals surface area contributed by atoms with Gasteiger partial charge < -0.3 is 10.2 Å². The molecule has 0 radical (unpaired) electrons. The molecule has 1 heterocycles. The average molecular weight is 252 g/mol. The van der Waals surface area contributed by atoms with Gasteiger partial charge in [0.2, 0.25) is 5.88 Å². The average Bonchev–Trinajstić information content (AvgIpc) is 2.32. The lowest BCUT2D eigenvalue weighted by atomic mass is 10.3. The Morgan fingerprint density at radius 3 is 2.67 bits per heavy atom. The maximum absolute atomic E-state index is 13.4. The topological polar surface area (TPSA) is 73.1 Å². The Bertz CT molecular complexity index is 577. The van der Waals surface area contributed by atoms with Crippen LogP contribution in [0.4, 0.5) is 14.6 Å². The molecule has 0 aliphatic heterocycles. The van der Waals surface area contributed by atoms with Crippen molar-refractivity contribution in [2.24, 2.45) is 5.84 Å². The molecule has 5 nitrogen and oxygen atoms in total. The number of hydrazine groups is 1. The van der Waals surface area contributed by atoms with E-state index in [0.29, 0.717) is 11.6 Å². The van der Waals surface area contributed by atoms with Crippen molar-refractivity contribution in [2.45, 2.75) is 6.92 Å². The number of anilines is 1. The van der Waals surface area contributed by atoms with Gasteiger partial charge in [0.25, 0.3) is 0 Å². The summed E-state index contributed by atoms with van der Waals surface area (Å²) < 4.78 is 31.3. The molecule has 2 rings (SSSR count). The van der Waals surface area contributed by atoms with E-state index in [9.17, 15) is 8.78 Å². The van der Waals surface area contributed by atoms with Crippen molar-refractivity contribution in [1.82, 2.24) is 9.97 Å². The monoisotopic (exact) mass is 252 g/mol. The molecule has 0 bridgehead atoms. The van der Waals surface area contributed by atoms with Crippen LogP contribution >= 0.6 is 0 Å². The van der Waals surface area contributed by atoms with Gasteiger partial charge in [-0.2, -0.15) is 4.98 Å². The second-order valence-electron chi connectivity index (χ2n) is 3.46. The summed E-state index contributed by atoms with van der Waals surface area (Å²) in [5.74, 6) is 4.45. The molecule has 7 heteroatoms. The standard InChI is InChI=1S/C11H10F2N4O/c1-6-15-10(17-14)5-11(16-6)18-9-3-2-7(12)4-8(9)13/h2-5H,14H2,1H3,(H,15,16,17). The number of hydrogen-bond donors (Lipinski definition) is 2. The van der Waals surface area contributed by atoms with Crippen LogP contribution in [-0.4, -0.2) is 9.97 Å². The van der Waals surface area contributed by atoms with Crippen LogP contribution in [0.25, 0.3) is 0 Å². The van der Waals surface area contributed by atoms with Crippen LogP contribution in [0.15, 0.2) is 24.3 Å². The van der Waals surface area contributed by atoms with Crippen molar-refractivity contribution >= 4 is 5.82 Å². The first-order valence-corrected chi connectivity index (χ1v) is 5.03. The van der Waals surface area contributed by atoms with Gasteiger partial charge in [-0.3, -0.25) is 0 Å². The number of benzene rings is 1. The third kappa shape index (κ3) is 2.69. The Morgan fingerprint density at radius 1 is 1.22 bits per heavy atom. The fourth-order valence-corrected chi connectivity index (χ4v) is 1.34. The number of aromatic nitrogens is 2. The van der Waals surface area contributed by atoms with Gasteiger partial charge in [-0.05, 0) is 19.1 Å². The van der Waals surface area contributed by atoms with Gasteiger partial charge in [0.15, 0.2) is 11.6 Å². The Labute approximate surface area is 102 Å². The van der Waals surface area contributed by atoms with Gasteiger partial charge in [-0.15, -0.1) is 0 Å². The lowest BCUT2D eigenvalue weighted by molar-refractivity contribution is 0.422. The van der Waals surface area contributed by atoms with E-state index >= 15 is 0 Å². The number of nitrogen functional groups attached to an aromatic ring is 1. The largest absolute Gasteiger partial charge is 0.436 e. The van der Waals surface area contributed by atoms with Gasteiger partial charge in [0, 0.05) is 12.1 Å². The number of hydrogen-bond acceptors (Lipinski definition) is 5. The van der Waals surface area contributed by atoms with E-state index < -0.39 is 11.6 Å². The number of rotatable bonds is 3. The van der Waals surface area contributed by atoms with Crippen LogP contribution in [0, 0.1) is 18.6 Å². The predicted octanol–water partition coefficient (Wildman–Crippen LogP) is 2.14. The fraction of sp³-hybridized carbons (Fsp3) is 0.0909. The van der Waals surface area contributed by atoms with E-state index in [1.165, 1.54) is 12.1 Å². The molecule has 1 aromatic carbocycles.